The second-order valence-electron chi connectivity index (χ2n) is 26.7. The summed E-state index contributed by atoms with van der Waals surface area (Å²) in [6.07, 6.45) is 81.0. The second-order valence-corrected chi connectivity index (χ2v) is 26.7. The molecule has 7 unspecified atom stereocenters. The molecular weight excluding hydrogens is 1120 g/mol. The van der Waals surface area contributed by atoms with Gasteiger partial charge in [-0.25, -0.2) is 0 Å². The highest BCUT2D eigenvalue weighted by atomic mass is 16.7. The molecule has 0 radical (unpaired) electrons. The SMILES string of the molecule is CCCCC/C=C\C/C=C\CCCCCCCCCC(=O)OCCCCCCCCCCCCC/C=C\C/C=C\CCCCCCCCCCCCCCCCCCCC(=O)NC(COC1OC(CO)C(O)C(O)C1O)C(O)/C=C/CCCCCCCCCC. The number of unbranched alkanes of at least 4 members (excludes halogenated alkanes) is 46. The Bertz CT molecular complexity index is 1680. The minimum absolute atomic E-state index is 0.00230. The molecule has 0 aromatic rings. The average Bonchev–Trinajstić information content (AvgIpc) is 0.992. The molecule has 1 rings (SSSR count). The molecule has 0 aromatic carbocycles. The van der Waals surface area contributed by atoms with Crippen LogP contribution in [0.3, 0.4) is 0 Å². The summed E-state index contributed by atoms with van der Waals surface area (Å²) in [5, 5.41) is 54.4. The molecule has 526 valence electrons. The molecule has 0 aliphatic carbocycles. The number of amides is 1. The van der Waals surface area contributed by atoms with Crippen molar-refractivity contribution >= 4 is 11.9 Å². The number of aliphatic hydroxyl groups is 5. The lowest BCUT2D eigenvalue weighted by atomic mass is 9.99. The van der Waals surface area contributed by atoms with Crippen LogP contribution < -0.4 is 5.32 Å². The van der Waals surface area contributed by atoms with Crippen molar-refractivity contribution < 1.29 is 49.3 Å². The molecule has 11 heteroatoms. The molecule has 1 amide bonds. The number of ether oxygens (including phenoxy) is 3. The lowest BCUT2D eigenvalue weighted by molar-refractivity contribution is -0.302. The zero-order valence-corrected chi connectivity index (χ0v) is 58.6. The van der Waals surface area contributed by atoms with Crippen LogP contribution in [-0.4, -0.2) is 100 Å². The number of aliphatic hydroxyl groups excluding tert-OH is 5. The molecule has 0 saturated carbocycles. The Morgan fingerprint density at radius 1 is 0.411 bits per heavy atom. The van der Waals surface area contributed by atoms with Gasteiger partial charge in [0.15, 0.2) is 6.29 Å². The van der Waals surface area contributed by atoms with Crippen LogP contribution in [0.4, 0.5) is 0 Å². The Morgan fingerprint density at radius 2 is 0.744 bits per heavy atom. The highest BCUT2D eigenvalue weighted by Gasteiger charge is 2.44. The van der Waals surface area contributed by atoms with Gasteiger partial charge in [0.25, 0.3) is 0 Å². The Morgan fingerprint density at radius 3 is 1.14 bits per heavy atom. The van der Waals surface area contributed by atoms with Gasteiger partial charge in [0, 0.05) is 12.8 Å². The van der Waals surface area contributed by atoms with Crippen molar-refractivity contribution in [3.8, 4) is 0 Å². The van der Waals surface area contributed by atoms with E-state index >= 15 is 0 Å². The molecule has 1 fully saturated rings. The van der Waals surface area contributed by atoms with Crippen molar-refractivity contribution in [3.63, 3.8) is 0 Å². The normalized spacial score (nSPS) is 18.0. The van der Waals surface area contributed by atoms with Crippen molar-refractivity contribution in [2.24, 2.45) is 0 Å². The van der Waals surface area contributed by atoms with E-state index < -0.39 is 49.5 Å². The first-order chi connectivity index (χ1) is 44.2. The van der Waals surface area contributed by atoms with Crippen molar-refractivity contribution in [1.29, 1.82) is 0 Å². The first-order valence-electron chi connectivity index (χ1n) is 38.6. The number of carbonyl (C=O) groups is 2. The minimum atomic E-state index is -1.57. The monoisotopic (exact) mass is 1270 g/mol. The lowest BCUT2D eigenvalue weighted by Crippen LogP contribution is -2.60. The van der Waals surface area contributed by atoms with Crippen molar-refractivity contribution in [2.45, 2.75) is 410 Å². The standard InChI is InChI=1S/C79H145NO10/c1-3-5-7-9-11-13-15-16-17-37-41-44-47-51-55-59-63-67-75(84)88-68-64-60-56-52-48-45-42-39-36-34-32-30-28-26-24-22-20-18-19-21-23-25-27-29-31-33-35-38-40-43-46-50-54-58-62-66-74(83)80-71(70-89-79-78(87)77(86)76(85)73(69-81)90-79)72(82)65-61-57-53-49-14-12-10-8-6-4-2/h11,13,16-17,20,22,26,28,61,65,71-73,76-79,81-82,85-87H,3-10,12,14-15,18-19,21,23-25,27,29-60,62-64,66-70H2,1-2H3,(H,80,83)/b13-11-,17-16-,22-20-,28-26-,65-61+. The van der Waals surface area contributed by atoms with E-state index in [1.165, 1.54) is 270 Å². The van der Waals surface area contributed by atoms with Crippen LogP contribution in [0.1, 0.15) is 367 Å². The van der Waals surface area contributed by atoms with E-state index in [1.807, 2.05) is 6.08 Å². The fraction of sp³-hybridized carbons (Fsp3) is 0.848. The van der Waals surface area contributed by atoms with Gasteiger partial charge in [-0.2, -0.15) is 0 Å². The summed E-state index contributed by atoms with van der Waals surface area (Å²) >= 11 is 0. The predicted octanol–water partition coefficient (Wildman–Crippen LogP) is 20.5. The van der Waals surface area contributed by atoms with Gasteiger partial charge < -0.3 is 45.1 Å². The largest absolute Gasteiger partial charge is 0.466 e. The Balaban J connectivity index is 1.89. The molecule has 1 aliphatic heterocycles. The summed E-state index contributed by atoms with van der Waals surface area (Å²) in [4.78, 5) is 25.1. The Kier molecular flexibility index (Phi) is 64.3. The minimum Gasteiger partial charge on any atom is -0.466 e. The predicted molar refractivity (Wildman–Crippen MR) is 380 cm³/mol. The topological polar surface area (TPSA) is 175 Å². The van der Waals surface area contributed by atoms with Gasteiger partial charge in [-0.05, 0) is 96.3 Å². The van der Waals surface area contributed by atoms with Crippen LogP contribution >= 0.6 is 0 Å². The fourth-order valence-electron chi connectivity index (χ4n) is 12.0. The van der Waals surface area contributed by atoms with Gasteiger partial charge in [-0.1, -0.05) is 319 Å². The van der Waals surface area contributed by atoms with E-state index in [9.17, 15) is 35.1 Å². The molecule has 0 aromatic heterocycles. The quantitative estimate of drug-likeness (QED) is 0.0195. The molecule has 1 heterocycles. The van der Waals surface area contributed by atoms with Crippen molar-refractivity contribution in [3.05, 3.63) is 60.8 Å². The number of hydrogen-bond donors (Lipinski definition) is 6. The third-order valence-electron chi connectivity index (χ3n) is 18.1. The summed E-state index contributed by atoms with van der Waals surface area (Å²) in [6, 6.07) is -0.808. The van der Waals surface area contributed by atoms with Gasteiger partial charge in [0.1, 0.15) is 24.4 Å². The number of esters is 1. The summed E-state index contributed by atoms with van der Waals surface area (Å²) < 4.78 is 16.7. The molecule has 0 bridgehead atoms. The number of carbonyl (C=O) groups excluding carboxylic acids is 2. The summed E-state index contributed by atoms with van der Waals surface area (Å²) in [6.45, 7) is 4.33. The maximum atomic E-state index is 13.0. The van der Waals surface area contributed by atoms with Crippen LogP contribution in [0.5, 0.6) is 0 Å². The number of nitrogens with one attached hydrogen (secondary N) is 1. The Hall–Kier alpha value is -2.64. The van der Waals surface area contributed by atoms with Gasteiger partial charge in [-0.3, -0.25) is 9.59 Å². The number of allylic oxidation sites excluding steroid dienone is 9. The molecule has 90 heavy (non-hydrogen) atoms. The summed E-state index contributed by atoms with van der Waals surface area (Å²) in [5.41, 5.74) is 0. The van der Waals surface area contributed by atoms with Crippen molar-refractivity contribution in [1.82, 2.24) is 5.32 Å². The zero-order valence-electron chi connectivity index (χ0n) is 58.6. The number of rotatable bonds is 68. The van der Waals surface area contributed by atoms with Crippen LogP contribution in [0.15, 0.2) is 60.8 Å². The van der Waals surface area contributed by atoms with Crippen molar-refractivity contribution in [2.75, 3.05) is 19.8 Å². The second kappa shape index (κ2) is 67.8. The lowest BCUT2D eigenvalue weighted by Gasteiger charge is -2.40. The van der Waals surface area contributed by atoms with Crippen LogP contribution in [0.2, 0.25) is 0 Å². The first kappa shape index (κ1) is 85.4. The van der Waals surface area contributed by atoms with Gasteiger partial charge in [0.05, 0.1) is 32.0 Å². The third-order valence-corrected chi connectivity index (χ3v) is 18.1. The highest BCUT2D eigenvalue weighted by Crippen LogP contribution is 2.23. The smallest absolute Gasteiger partial charge is 0.305 e. The van der Waals surface area contributed by atoms with Crippen LogP contribution in [-0.2, 0) is 23.8 Å². The fourth-order valence-corrected chi connectivity index (χ4v) is 12.0. The molecule has 7 atom stereocenters. The van der Waals surface area contributed by atoms with Gasteiger partial charge in [-0.15, -0.1) is 0 Å². The maximum Gasteiger partial charge on any atom is 0.305 e. The molecule has 11 nitrogen and oxygen atoms in total. The maximum absolute atomic E-state index is 13.0. The molecule has 6 N–H and O–H groups in total. The van der Waals surface area contributed by atoms with E-state index in [1.54, 1.807) is 6.08 Å². The zero-order chi connectivity index (χ0) is 65.1. The molecule has 1 saturated heterocycles. The molecular formula is C79H145NO10. The van der Waals surface area contributed by atoms with E-state index in [4.69, 9.17) is 14.2 Å². The summed E-state index contributed by atoms with van der Waals surface area (Å²) in [5.74, 6) is -0.177. The Labute approximate surface area is 554 Å². The molecule has 0 spiro atoms. The van der Waals surface area contributed by atoms with E-state index in [0.29, 0.717) is 19.4 Å². The third kappa shape index (κ3) is 55.8. The van der Waals surface area contributed by atoms with Crippen LogP contribution in [0, 0.1) is 0 Å². The van der Waals surface area contributed by atoms with Gasteiger partial charge in [0.2, 0.25) is 5.91 Å². The van der Waals surface area contributed by atoms with Gasteiger partial charge >= 0.3 is 5.97 Å². The highest BCUT2D eigenvalue weighted by molar-refractivity contribution is 5.76. The van der Waals surface area contributed by atoms with E-state index in [-0.39, 0.29) is 18.5 Å². The molecule has 1 aliphatic rings. The van der Waals surface area contributed by atoms with Crippen LogP contribution in [0.25, 0.3) is 0 Å². The van der Waals surface area contributed by atoms with E-state index in [0.717, 1.165) is 70.6 Å². The number of hydrogen-bond acceptors (Lipinski definition) is 10. The van der Waals surface area contributed by atoms with E-state index in [2.05, 4.69) is 67.8 Å². The summed E-state index contributed by atoms with van der Waals surface area (Å²) in [7, 11) is 0. The average molecular weight is 1270 g/mol. The first-order valence-corrected chi connectivity index (χ1v) is 38.6.